The Balaban J connectivity index is 1.64. The summed E-state index contributed by atoms with van der Waals surface area (Å²) in [6, 6.07) is 7.51. The van der Waals surface area contributed by atoms with Crippen molar-refractivity contribution in [2.75, 3.05) is 38.8 Å². The quantitative estimate of drug-likeness (QED) is 0.520. The summed E-state index contributed by atoms with van der Waals surface area (Å²) in [4.78, 5) is 33.9. The number of aromatic amines is 1. The van der Waals surface area contributed by atoms with E-state index in [1.54, 1.807) is 0 Å². The van der Waals surface area contributed by atoms with Gasteiger partial charge < -0.3 is 24.8 Å². The minimum Gasteiger partial charge on any atom is -0.381 e. The van der Waals surface area contributed by atoms with Gasteiger partial charge in [0.05, 0.1) is 0 Å². The monoisotopic (exact) mass is 522 g/mol. The number of hydrogen-bond acceptors (Lipinski definition) is 5. The highest BCUT2D eigenvalue weighted by molar-refractivity contribution is 5.97. The van der Waals surface area contributed by atoms with Crippen molar-refractivity contribution in [1.29, 1.82) is 0 Å². The van der Waals surface area contributed by atoms with Crippen LogP contribution in [-0.2, 0) is 11.3 Å². The second-order valence-electron chi connectivity index (χ2n) is 11.4. The molecule has 1 aliphatic carbocycles. The highest BCUT2D eigenvalue weighted by atomic mass is 16.5. The predicted octanol–water partition coefficient (Wildman–Crippen LogP) is 4.82. The molecule has 7 heteroatoms. The van der Waals surface area contributed by atoms with Crippen LogP contribution in [0.5, 0.6) is 0 Å². The van der Waals surface area contributed by atoms with Gasteiger partial charge >= 0.3 is 0 Å². The van der Waals surface area contributed by atoms with Gasteiger partial charge in [0.1, 0.15) is 0 Å². The number of nitrogens with one attached hydrogen (secondary N) is 2. The van der Waals surface area contributed by atoms with Crippen LogP contribution in [0.4, 0.5) is 5.69 Å². The van der Waals surface area contributed by atoms with E-state index < -0.39 is 0 Å². The first-order valence-electron chi connectivity index (χ1n) is 14.3. The first-order chi connectivity index (χ1) is 18.2. The second kappa shape index (κ2) is 12.5. The van der Waals surface area contributed by atoms with E-state index in [-0.39, 0.29) is 18.0 Å². The molecular formula is C31H46N4O3. The molecule has 1 saturated heterocycles. The van der Waals surface area contributed by atoms with Gasteiger partial charge in [-0.1, -0.05) is 0 Å². The molecule has 38 heavy (non-hydrogen) atoms. The molecule has 2 aliphatic rings. The van der Waals surface area contributed by atoms with Crippen molar-refractivity contribution in [3.05, 3.63) is 62.1 Å². The molecular weight excluding hydrogens is 476 g/mol. The molecule has 1 aromatic heterocycles. The van der Waals surface area contributed by atoms with E-state index in [0.717, 1.165) is 62.3 Å². The van der Waals surface area contributed by atoms with E-state index >= 15 is 0 Å². The minimum atomic E-state index is -0.137. The number of rotatable bonds is 8. The highest BCUT2D eigenvalue weighted by Gasteiger charge is 2.29. The number of benzene rings is 1. The summed E-state index contributed by atoms with van der Waals surface area (Å²) in [5, 5.41) is 3.06. The Hall–Kier alpha value is -2.64. The number of aryl methyl sites for hydroxylation is 2. The molecule has 0 radical (unpaired) electrons. The van der Waals surface area contributed by atoms with E-state index in [1.807, 2.05) is 19.9 Å². The van der Waals surface area contributed by atoms with Gasteiger partial charge in [-0.05, 0) is 121 Å². The van der Waals surface area contributed by atoms with E-state index in [2.05, 4.69) is 60.2 Å². The van der Waals surface area contributed by atoms with Crippen LogP contribution in [0.2, 0.25) is 0 Å². The first-order valence-corrected chi connectivity index (χ1v) is 14.3. The molecule has 208 valence electrons. The number of pyridine rings is 1. The van der Waals surface area contributed by atoms with Crippen molar-refractivity contribution in [1.82, 2.24) is 15.2 Å². The van der Waals surface area contributed by atoms with Crippen LogP contribution in [0.3, 0.4) is 0 Å². The zero-order valence-electron chi connectivity index (χ0n) is 24.2. The zero-order valence-corrected chi connectivity index (χ0v) is 24.2. The van der Waals surface area contributed by atoms with Gasteiger partial charge in [0, 0.05) is 60.9 Å². The third-order valence-electron chi connectivity index (χ3n) is 8.75. The molecule has 2 fully saturated rings. The average Bonchev–Trinajstić information content (AvgIpc) is 2.90. The van der Waals surface area contributed by atoms with Crippen LogP contribution >= 0.6 is 0 Å². The Kier molecular flexibility index (Phi) is 9.32. The molecule has 7 nitrogen and oxygen atoms in total. The summed E-state index contributed by atoms with van der Waals surface area (Å²) in [5.74, 6) is 0.268. The maximum absolute atomic E-state index is 13.6. The van der Waals surface area contributed by atoms with Crippen molar-refractivity contribution in [2.24, 2.45) is 0 Å². The molecule has 1 saturated carbocycles. The lowest BCUT2D eigenvalue weighted by Gasteiger charge is -2.40. The maximum atomic E-state index is 13.6. The standard InChI is InChI=1S/C31H46N4O3/c1-7-35(26-10-8-25(9-11-26)34(5)6)29-18-24(23-12-14-38-15-13-23)17-27(22(29)4)30(36)32-19-28-20(2)16-21(3)33-31(28)37/h16-18,23,25-26H,7-15,19H2,1-6H3,(H,32,36)(H,33,37)/t25-,26-. The molecule has 4 rings (SSSR count). The number of H-pyrrole nitrogens is 1. The number of ether oxygens (including phenoxy) is 1. The Morgan fingerprint density at radius 1 is 1.00 bits per heavy atom. The zero-order chi connectivity index (χ0) is 27.4. The van der Waals surface area contributed by atoms with Gasteiger partial charge in [-0.3, -0.25) is 9.59 Å². The molecule has 2 N–H and O–H groups in total. The van der Waals surface area contributed by atoms with E-state index in [4.69, 9.17) is 4.74 Å². The second-order valence-corrected chi connectivity index (χ2v) is 11.4. The fourth-order valence-electron chi connectivity index (χ4n) is 6.40. The van der Waals surface area contributed by atoms with Gasteiger partial charge in [0.2, 0.25) is 0 Å². The fourth-order valence-corrected chi connectivity index (χ4v) is 6.40. The molecule has 1 aliphatic heterocycles. The molecule has 2 aromatic rings. The SMILES string of the molecule is CCN(c1cc(C2CCOCC2)cc(C(=O)NCc2c(C)cc(C)[nH]c2=O)c1C)[C@H]1CC[C@H](N(C)C)CC1. The van der Waals surface area contributed by atoms with E-state index in [0.29, 0.717) is 29.1 Å². The first kappa shape index (κ1) is 28.4. The van der Waals surface area contributed by atoms with Crippen molar-refractivity contribution in [2.45, 2.75) is 90.8 Å². The molecule has 0 bridgehead atoms. The lowest BCUT2D eigenvalue weighted by atomic mass is 9.86. The Morgan fingerprint density at radius 2 is 1.66 bits per heavy atom. The molecule has 0 spiro atoms. The number of carbonyl (C=O) groups is 1. The number of anilines is 1. The third-order valence-corrected chi connectivity index (χ3v) is 8.75. The summed E-state index contributed by atoms with van der Waals surface area (Å²) >= 11 is 0. The molecule has 1 amide bonds. The van der Waals surface area contributed by atoms with Crippen molar-refractivity contribution >= 4 is 11.6 Å². The summed E-state index contributed by atoms with van der Waals surface area (Å²) in [6.07, 6.45) is 6.67. The maximum Gasteiger partial charge on any atom is 0.253 e. The number of carbonyl (C=O) groups excluding carboxylic acids is 1. The van der Waals surface area contributed by atoms with Gasteiger partial charge in [-0.15, -0.1) is 0 Å². The third kappa shape index (κ3) is 6.32. The Labute approximate surface area is 228 Å². The fraction of sp³-hybridized carbons (Fsp3) is 0.613. The highest BCUT2D eigenvalue weighted by Crippen LogP contribution is 2.36. The largest absolute Gasteiger partial charge is 0.381 e. The number of nitrogens with zero attached hydrogens (tertiary/aromatic N) is 2. The van der Waals surface area contributed by atoms with Crippen LogP contribution in [0.1, 0.15) is 89.7 Å². The normalized spacial score (nSPS) is 20.5. The van der Waals surface area contributed by atoms with Crippen LogP contribution in [0.25, 0.3) is 0 Å². The van der Waals surface area contributed by atoms with Gasteiger partial charge in [0.25, 0.3) is 11.5 Å². The predicted molar refractivity (Wildman–Crippen MR) is 154 cm³/mol. The Morgan fingerprint density at radius 3 is 2.26 bits per heavy atom. The van der Waals surface area contributed by atoms with Crippen molar-refractivity contribution in [3.8, 4) is 0 Å². The van der Waals surface area contributed by atoms with Crippen LogP contribution < -0.4 is 15.8 Å². The lowest BCUT2D eigenvalue weighted by molar-refractivity contribution is 0.0853. The number of hydrogen-bond donors (Lipinski definition) is 2. The number of aromatic nitrogens is 1. The summed E-state index contributed by atoms with van der Waals surface area (Å²) in [7, 11) is 4.36. The Bertz CT molecular complexity index is 1170. The van der Waals surface area contributed by atoms with Crippen LogP contribution in [0.15, 0.2) is 23.0 Å². The van der Waals surface area contributed by atoms with Gasteiger partial charge in [-0.2, -0.15) is 0 Å². The van der Waals surface area contributed by atoms with E-state index in [9.17, 15) is 9.59 Å². The molecule has 0 atom stereocenters. The van der Waals surface area contributed by atoms with Crippen molar-refractivity contribution < 1.29 is 9.53 Å². The van der Waals surface area contributed by atoms with Gasteiger partial charge in [0.15, 0.2) is 0 Å². The summed E-state index contributed by atoms with van der Waals surface area (Å²) in [6.45, 7) is 10.7. The van der Waals surface area contributed by atoms with E-state index in [1.165, 1.54) is 24.1 Å². The van der Waals surface area contributed by atoms with Gasteiger partial charge in [-0.25, -0.2) is 0 Å². The molecule has 2 heterocycles. The van der Waals surface area contributed by atoms with Crippen molar-refractivity contribution in [3.63, 3.8) is 0 Å². The molecule has 1 aromatic carbocycles. The minimum absolute atomic E-state index is 0.121. The number of amides is 1. The summed E-state index contributed by atoms with van der Waals surface area (Å²) in [5.41, 5.74) is 6.33. The van der Waals surface area contributed by atoms with Crippen LogP contribution in [0, 0.1) is 20.8 Å². The topological polar surface area (TPSA) is 77.7 Å². The summed E-state index contributed by atoms with van der Waals surface area (Å²) < 4.78 is 5.64. The average molecular weight is 523 g/mol. The van der Waals surface area contributed by atoms with Crippen LogP contribution in [-0.4, -0.2) is 61.7 Å². The molecule has 0 unspecified atom stereocenters. The smallest absolute Gasteiger partial charge is 0.253 e. The lowest BCUT2D eigenvalue weighted by Crippen LogP contribution is -2.42.